The van der Waals surface area contributed by atoms with Gasteiger partial charge in [0.25, 0.3) is 0 Å². The predicted molar refractivity (Wildman–Crippen MR) is 92.7 cm³/mol. The smallest absolute Gasteiger partial charge is 0.00123 e. The number of hydrogen-bond acceptors (Lipinski definition) is 2. The molecule has 0 aromatic heterocycles. The van der Waals surface area contributed by atoms with Crippen LogP contribution in [0.1, 0.15) is 77.0 Å². The van der Waals surface area contributed by atoms with Crippen LogP contribution >= 0.6 is 12.6 Å². The highest BCUT2D eigenvalue weighted by Crippen LogP contribution is 2.36. The third kappa shape index (κ3) is 5.97. The molecule has 0 amide bonds. The van der Waals surface area contributed by atoms with Gasteiger partial charge in [-0.05, 0) is 56.4 Å². The molecule has 2 aliphatic rings. The minimum absolute atomic E-state index is 1.05. The molecule has 1 saturated heterocycles. The lowest BCUT2D eigenvalue weighted by molar-refractivity contribution is 0.0856. The quantitative estimate of drug-likeness (QED) is 0.454. The Morgan fingerprint density at radius 1 is 0.750 bits per heavy atom. The van der Waals surface area contributed by atoms with Gasteiger partial charge in [-0.25, -0.2) is 0 Å². The number of likely N-dealkylation sites (tertiary alicyclic amines) is 1. The van der Waals surface area contributed by atoms with E-state index in [1.54, 1.807) is 0 Å². The van der Waals surface area contributed by atoms with Gasteiger partial charge in [0.1, 0.15) is 0 Å². The Balaban J connectivity index is 1.46. The third-order valence-corrected chi connectivity index (χ3v) is 5.82. The molecule has 2 rings (SSSR count). The lowest BCUT2D eigenvalue weighted by Gasteiger charge is -2.41. The molecular weight excluding hydrogens is 262 g/mol. The molecule has 20 heavy (non-hydrogen) atoms. The molecule has 0 bridgehead atoms. The van der Waals surface area contributed by atoms with Gasteiger partial charge in [-0.1, -0.05) is 51.4 Å². The van der Waals surface area contributed by atoms with Crippen molar-refractivity contribution in [3.63, 3.8) is 0 Å². The van der Waals surface area contributed by atoms with Crippen molar-refractivity contribution < 1.29 is 0 Å². The lowest BCUT2D eigenvalue weighted by atomic mass is 9.75. The first-order valence-electron chi connectivity index (χ1n) is 9.23. The van der Waals surface area contributed by atoms with E-state index >= 15 is 0 Å². The molecule has 1 aliphatic heterocycles. The van der Waals surface area contributed by atoms with Gasteiger partial charge < -0.3 is 4.90 Å². The van der Waals surface area contributed by atoms with Crippen LogP contribution < -0.4 is 0 Å². The Morgan fingerprint density at radius 3 is 2.15 bits per heavy atom. The monoisotopic (exact) mass is 297 g/mol. The highest BCUT2D eigenvalue weighted by atomic mass is 32.1. The fourth-order valence-corrected chi connectivity index (χ4v) is 4.43. The Labute approximate surface area is 132 Å². The van der Waals surface area contributed by atoms with Crippen LogP contribution in [0.15, 0.2) is 0 Å². The van der Waals surface area contributed by atoms with Crippen molar-refractivity contribution in [1.29, 1.82) is 0 Å². The molecule has 1 heterocycles. The van der Waals surface area contributed by atoms with Crippen molar-refractivity contribution in [1.82, 2.24) is 4.90 Å². The Morgan fingerprint density at radius 2 is 1.40 bits per heavy atom. The van der Waals surface area contributed by atoms with Gasteiger partial charge in [0, 0.05) is 6.54 Å². The summed E-state index contributed by atoms with van der Waals surface area (Å²) in [6.45, 7) is 4.19. The summed E-state index contributed by atoms with van der Waals surface area (Å²) in [5.41, 5.74) is 0. The van der Waals surface area contributed by atoms with Crippen molar-refractivity contribution >= 4 is 12.6 Å². The fourth-order valence-electron chi connectivity index (χ4n) is 4.21. The van der Waals surface area contributed by atoms with Crippen molar-refractivity contribution in [2.75, 3.05) is 25.4 Å². The normalized spacial score (nSPS) is 27.4. The summed E-state index contributed by atoms with van der Waals surface area (Å²) in [5.74, 6) is 3.21. The van der Waals surface area contributed by atoms with E-state index in [9.17, 15) is 0 Å². The van der Waals surface area contributed by atoms with Gasteiger partial charge in [-0.3, -0.25) is 0 Å². The number of piperidine rings is 1. The minimum atomic E-state index is 1.05. The molecule has 2 fully saturated rings. The van der Waals surface area contributed by atoms with E-state index < -0.39 is 0 Å². The molecule has 2 unspecified atom stereocenters. The zero-order valence-electron chi connectivity index (χ0n) is 13.4. The lowest BCUT2D eigenvalue weighted by Crippen LogP contribution is -2.42. The summed E-state index contributed by atoms with van der Waals surface area (Å²) in [7, 11) is 0. The summed E-state index contributed by atoms with van der Waals surface area (Å²) in [6.07, 6.45) is 17.5. The maximum Gasteiger partial charge on any atom is 0.00123 e. The van der Waals surface area contributed by atoms with E-state index in [0.717, 1.165) is 17.6 Å². The fraction of sp³-hybridized carbons (Fsp3) is 1.00. The summed E-state index contributed by atoms with van der Waals surface area (Å²) >= 11 is 4.26. The summed E-state index contributed by atoms with van der Waals surface area (Å²) in [6, 6.07) is 0. The van der Waals surface area contributed by atoms with Crippen molar-refractivity contribution in [2.45, 2.75) is 77.0 Å². The molecule has 0 aromatic rings. The number of thiol groups is 1. The van der Waals surface area contributed by atoms with Gasteiger partial charge >= 0.3 is 0 Å². The number of nitrogens with zero attached hydrogens (tertiary/aromatic N) is 1. The van der Waals surface area contributed by atoms with Gasteiger partial charge in [0.2, 0.25) is 0 Å². The van der Waals surface area contributed by atoms with Gasteiger partial charge in [0.15, 0.2) is 0 Å². The largest absolute Gasteiger partial charge is 0.303 e. The standard InChI is InChI=1S/C18H35NS/c20-15-9-5-3-1-2-4-8-13-19-14-12-17-10-6-7-11-18(17)16-19/h17-18,20H,1-16H2. The second kappa shape index (κ2) is 10.1. The number of unbranched alkanes of at least 4 members (excludes halogenated alkanes) is 6. The second-order valence-electron chi connectivity index (χ2n) is 7.09. The van der Waals surface area contributed by atoms with Gasteiger partial charge in [-0.2, -0.15) is 12.6 Å². The van der Waals surface area contributed by atoms with Crippen LogP contribution in [-0.4, -0.2) is 30.3 Å². The van der Waals surface area contributed by atoms with E-state index in [2.05, 4.69) is 17.5 Å². The zero-order valence-corrected chi connectivity index (χ0v) is 14.3. The zero-order chi connectivity index (χ0) is 14.0. The first-order chi connectivity index (χ1) is 9.90. The van der Waals surface area contributed by atoms with E-state index in [-0.39, 0.29) is 0 Å². The molecule has 2 atom stereocenters. The SMILES string of the molecule is SCCCCCCCCCN1CCC2CCCCC2C1. The van der Waals surface area contributed by atoms with Crippen molar-refractivity contribution in [2.24, 2.45) is 11.8 Å². The van der Waals surface area contributed by atoms with E-state index in [1.165, 1.54) is 96.7 Å². The minimum Gasteiger partial charge on any atom is -0.303 e. The maximum absolute atomic E-state index is 4.26. The molecule has 1 saturated carbocycles. The van der Waals surface area contributed by atoms with Crippen molar-refractivity contribution in [3.05, 3.63) is 0 Å². The van der Waals surface area contributed by atoms with Crippen LogP contribution in [0.3, 0.4) is 0 Å². The third-order valence-electron chi connectivity index (χ3n) is 5.51. The van der Waals surface area contributed by atoms with Crippen LogP contribution in [0.4, 0.5) is 0 Å². The molecule has 0 spiro atoms. The molecule has 0 N–H and O–H groups in total. The number of fused-ring (bicyclic) bond motifs is 1. The molecule has 1 aliphatic carbocycles. The first-order valence-corrected chi connectivity index (χ1v) is 9.86. The maximum atomic E-state index is 4.26. The molecule has 0 radical (unpaired) electrons. The average molecular weight is 298 g/mol. The predicted octanol–water partition coefficient (Wildman–Crippen LogP) is 5.16. The van der Waals surface area contributed by atoms with Crippen LogP contribution in [0, 0.1) is 11.8 Å². The van der Waals surface area contributed by atoms with E-state index in [1.807, 2.05) is 0 Å². The van der Waals surface area contributed by atoms with Crippen LogP contribution in [-0.2, 0) is 0 Å². The summed E-state index contributed by atoms with van der Waals surface area (Å²) < 4.78 is 0. The van der Waals surface area contributed by atoms with Crippen molar-refractivity contribution in [3.8, 4) is 0 Å². The average Bonchev–Trinajstić information content (AvgIpc) is 2.50. The summed E-state index contributed by atoms with van der Waals surface area (Å²) in [5, 5.41) is 0. The van der Waals surface area contributed by atoms with E-state index in [0.29, 0.717) is 0 Å². The molecule has 1 nitrogen and oxygen atoms in total. The Kier molecular flexibility index (Phi) is 8.43. The molecule has 118 valence electrons. The highest BCUT2D eigenvalue weighted by Gasteiger charge is 2.30. The molecule has 2 heteroatoms. The number of rotatable bonds is 9. The molecule has 0 aromatic carbocycles. The topological polar surface area (TPSA) is 3.24 Å². The highest BCUT2D eigenvalue weighted by molar-refractivity contribution is 7.80. The molecular formula is C18H35NS. The first kappa shape index (κ1) is 16.7. The van der Waals surface area contributed by atoms with E-state index in [4.69, 9.17) is 0 Å². The van der Waals surface area contributed by atoms with Crippen LogP contribution in [0.25, 0.3) is 0 Å². The van der Waals surface area contributed by atoms with Crippen LogP contribution in [0.2, 0.25) is 0 Å². The van der Waals surface area contributed by atoms with Crippen LogP contribution in [0.5, 0.6) is 0 Å². The number of hydrogen-bond donors (Lipinski definition) is 1. The van der Waals surface area contributed by atoms with Gasteiger partial charge in [0.05, 0.1) is 0 Å². The van der Waals surface area contributed by atoms with Gasteiger partial charge in [-0.15, -0.1) is 0 Å². The second-order valence-corrected chi connectivity index (χ2v) is 7.54. The summed E-state index contributed by atoms with van der Waals surface area (Å²) in [4.78, 5) is 2.77. The Bertz CT molecular complexity index is 244. The Hall–Kier alpha value is 0.310.